The third kappa shape index (κ3) is 5.52. The van der Waals surface area contributed by atoms with Gasteiger partial charge < -0.3 is 20.2 Å². The highest BCUT2D eigenvalue weighted by molar-refractivity contribution is 7.89. The van der Waals surface area contributed by atoms with Gasteiger partial charge in [-0.05, 0) is 47.5 Å². The van der Waals surface area contributed by atoms with Gasteiger partial charge in [0.25, 0.3) is 5.91 Å². The molecule has 1 aromatic heterocycles. The van der Waals surface area contributed by atoms with Crippen LogP contribution < -0.4 is 10.5 Å². The molecule has 0 saturated carbocycles. The second-order valence-electron chi connectivity index (χ2n) is 9.12. The molecule has 3 N–H and O–H groups in total. The number of fused-ring (bicyclic) bond motifs is 1. The molecule has 1 amide bonds. The number of hydrogen-bond donors (Lipinski definition) is 2. The van der Waals surface area contributed by atoms with E-state index in [0.29, 0.717) is 21.9 Å². The van der Waals surface area contributed by atoms with Crippen LogP contribution in [0.1, 0.15) is 16.1 Å². The summed E-state index contributed by atoms with van der Waals surface area (Å²) < 4.78 is 80.1. The fourth-order valence-corrected chi connectivity index (χ4v) is 6.59. The van der Waals surface area contributed by atoms with E-state index in [1.54, 1.807) is 12.1 Å². The number of aromatic amines is 1. The number of primary amides is 1. The maximum Gasteiger partial charge on any atom is 0.417 e. The van der Waals surface area contributed by atoms with Gasteiger partial charge in [0, 0.05) is 29.0 Å². The first-order valence-electron chi connectivity index (χ1n) is 12.1. The Labute approximate surface area is 232 Å². The molecule has 0 aliphatic carbocycles. The van der Waals surface area contributed by atoms with Crippen LogP contribution >= 0.6 is 11.6 Å². The molecule has 1 aliphatic rings. The number of nitrogens with zero attached hydrogens (tertiary/aromatic N) is 1. The number of aromatic nitrogens is 1. The van der Waals surface area contributed by atoms with E-state index in [1.165, 1.54) is 52.8 Å². The van der Waals surface area contributed by atoms with Crippen molar-refractivity contribution in [1.29, 1.82) is 0 Å². The van der Waals surface area contributed by atoms with E-state index >= 15 is 0 Å². The summed E-state index contributed by atoms with van der Waals surface area (Å²) in [6.45, 7) is 0.0325. The predicted octanol–water partition coefficient (Wildman–Crippen LogP) is 5.07. The number of amides is 1. The number of ether oxygens (including phenoxy) is 2. The van der Waals surface area contributed by atoms with E-state index < -0.39 is 33.8 Å². The molecule has 1 unspecified atom stereocenters. The van der Waals surface area contributed by atoms with E-state index in [2.05, 4.69) is 4.98 Å². The van der Waals surface area contributed by atoms with Crippen molar-refractivity contribution in [2.45, 2.75) is 17.2 Å². The average molecular weight is 594 g/mol. The minimum atomic E-state index is -4.49. The molecular formula is C27H23ClF3N3O5S. The Morgan fingerprint density at radius 3 is 2.55 bits per heavy atom. The lowest BCUT2D eigenvalue weighted by molar-refractivity contribution is -0.137. The minimum absolute atomic E-state index is 0.0209. The number of alkyl halides is 3. The molecule has 1 aliphatic heterocycles. The topological polar surface area (TPSA) is 115 Å². The molecule has 210 valence electrons. The Bertz CT molecular complexity index is 1670. The van der Waals surface area contributed by atoms with Gasteiger partial charge in [0.1, 0.15) is 29.0 Å². The van der Waals surface area contributed by atoms with Crippen molar-refractivity contribution < 1.29 is 35.9 Å². The Morgan fingerprint density at radius 1 is 1.12 bits per heavy atom. The van der Waals surface area contributed by atoms with Crippen LogP contribution in [-0.2, 0) is 20.9 Å². The van der Waals surface area contributed by atoms with Gasteiger partial charge in [0.2, 0.25) is 10.0 Å². The predicted molar refractivity (Wildman–Crippen MR) is 143 cm³/mol. The first-order valence-corrected chi connectivity index (χ1v) is 13.9. The van der Waals surface area contributed by atoms with E-state index in [-0.39, 0.29) is 47.8 Å². The first-order chi connectivity index (χ1) is 18.9. The quantitative estimate of drug-likeness (QED) is 0.310. The Morgan fingerprint density at radius 2 is 1.85 bits per heavy atom. The summed E-state index contributed by atoms with van der Waals surface area (Å²) in [5.41, 5.74) is 5.30. The summed E-state index contributed by atoms with van der Waals surface area (Å²) >= 11 is 6.09. The molecule has 8 nitrogen and oxygen atoms in total. The molecule has 4 aromatic rings. The maximum absolute atomic E-state index is 13.7. The van der Waals surface area contributed by atoms with E-state index in [0.717, 1.165) is 6.07 Å². The smallest absolute Gasteiger partial charge is 0.417 e. The summed E-state index contributed by atoms with van der Waals surface area (Å²) in [7, 11) is -4.19. The van der Waals surface area contributed by atoms with Crippen molar-refractivity contribution in [1.82, 2.24) is 9.29 Å². The highest BCUT2D eigenvalue weighted by Crippen LogP contribution is 2.37. The van der Waals surface area contributed by atoms with Crippen LogP contribution in [0.2, 0.25) is 5.02 Å². The number of carbonyl (C=O) groups is 1. The van der Waals surface area contributed by atoms with Crippen LogP contribution in [0.25, 0.3) is 22.0 Å². The fraction of sp³-hybridized carbons (Fsp3) is 0.222. The Hall–Kier alpha value is -3.58. The van der Waals surface area contributed by atoms with Crippen LogP contribution in [0.5, 0.6) is 5.75 Å². The zero-order valence-electron chi connectivity index (χ0n) is 20.7. The van der Waals surface area contributed by atoms with Crippen molar-refractivity contribution >= 4 is 38.4 Å². The van der Waals surface area contributed by atoms with E-state index in [9.17, 15) is 26.4 Å². The molecule has 0 radical (unpaired) electrons. The zero-order chi connectivity index (χ0) is 28.7. The summed E-state index contributed by atoms with van der Waals surface area (Å²) in [6, 6.07) is 16.0. The van der Waals surface area contributed by atoms with Crippen molar-refractivity contribution in [2.24, 2.45) is 5.73 Å². The summed E-state index contributed by atoms with van der Waals surface area (Å²) in [4.78, 5) is 14.6. The molecule has 5 rings (SSSR count). The number of hydrogen-bond acceptors (Lipinski definition) is 5. The number of H-pyrrole nitrogens is 1. The molecule has 0 bridgehead atoms. The number of morpholine rings is 1. The van der Waals surface area contributed by atoms with Crippen molar-refractivity contribution in [2.75, 3.05) is 26.3 Å². The van der Waals surface area contributed by atoms with Crippen LogP contribution in [-0.4, -0.2) is 56.0 Å². The summed E-state index contributed by atoms with van der Waals surface area (Å²) in [6.07, 6.45) is -5.15. The largest absolute Gasteiger partial charge is 0.491 e. The molecule has 1 saturated heterocycles. The molecular weight excluding hydrogens is 571 g/mol. The number of nitrogens with one attached hydrogen (secondary N) is 1. The van der Waals surface area contributed by atoms with E-state index in [4.69, 9.17) is 26.8 Å². The summed E-state index contributed by atoms with van der Waals surface area (Å²) in [5, 5.41) is 0.535. The third-order valence-corrected chi connectivity index (χ3v) is 8.68. The Balaban J connectivity index is 1.31. The number of halogens is 4. The minimum Gasteiger partial charge on any atom is -0.491 e. The third-order valence-electron chi connectivity index (χ3n) is 6.49. The number of sulfonamides is 1. The maximum atomic E-state index is 13.7. The molecule has 2 heterocycles. The van der Waals surface area contributed by atoms with Gasteiger partial charge in [0.15, 0.2) is 0 Å². The van der Waals surface area contributed by atoms with Gasteiger partial charge in [-0.25, -0.2) is 8.42 Å². The Kier molecular flexibility index (Phi) is 7.53. The van der Waals surface area contributed by atoms with Gasteiger partial charge >= 0.3 is 6.18 Å². The van der Waals surface area contributed by atoms with Gasteiger partial charge in [-0.3, -0.25) is 4.79 Å². The van der Waals surface area contributed by atoms with E-state index in [1.807, 2.05) is 0 Å². The number of benzene rings is 3. The van der Waals surface area contributed by atoms with Crippen LogP contribution in [0.3, 0.4) is 0 Å². The SMILES string of the molecule is NC(=O)c1[nH]c2ccc(Cl)cc2c1S(=O)(=O)N1CCOC(COc2ccc(-c3ccccc3C(F)(F)F)cc2)C1. The van der Waals surface area contributed by atoms with Crippen molar-refractivity contribution in [3.05, 3.63) is 83.0 Å². The highest BCUT2D eigenvalue weighted by Gasteiger charge is 2.36. The van der Waals surface area contributed by atoms with Crippen LogP contribution in [0.4, 0.5) is 13.2 Å². The fourth-order valence-electron chi connectivity index (χ4n) is 4.62. The molecule has 3 aromatic carbocycles. The number of carbonyl (C=O) groups excluding carboxylic acids is 1. The second kappa shape index (κ2) is 10.8. The van der Waals surface area contributed by atoms with Crippen molar-refractivity contribution in [3.63, 3.8) is 0 Å². The lowest BCUT2D eigenvalue weighted by Gasteiger charge is -2.32. The molecule has 13 heteroatoms. The number of nitrogens with two attached hydrogens (primary N) is 1. The van der Waals surface area contributed by atoms with Gasteiger partial charge in [-0.1, -0.05) is 41.9 Å². The van der Waals surface area contributed by atoms with Crippen LogP contribution in [0, 0.1) is 0 Å². The summed E-state index contributed by atoms with van der Waals surface area (Å²) in [5.74, 6) is -0.556. The van der Waals surface area contributed by atoms with Crippen LogP contribution in [0.15, 0.2) is 71.6 Å². The van der Waals surface area contributed by atoms with Gasteiger partial charge in [-0.2, -0.15) is 17.5 Å². The molecule has 1 fully saturated rings. The normalized spacial score (nSPS) is 16.8. The highest BCUT2D eigenvalue weighted by atomic mass is 35.5. The van der Waals surface area contributed by atoms with Gasteiger partial charge in [-0.15, -0.1) is 0 Å². The lowest BCUT2D eigenvalue weighted by Crippen LogP contribution is -2.47. The molecule has 1 atom stereocenters. The second-order valence-corrected chi connectivity index (χ2v) is 11.4. The molecule has 0 spiro atoms. The lowest BCUT2D eigenvalue weighted by atomic mass is 9.99. The zero-order valence-corrected chi connectivity index (χ0v) is 22.3. The number of rotatable bonds is 7. The molecule has 40 heavy (non-hydrogen) atoms. The average Bonchev–Trinajstić information content (AvgIpc) is 3.32. The monoisotopic (exact) mass is 593 g/mol. The first kappa shape index (κ1) is 28.0. The van der Waals surface area contributed by atoms with Crippen molar-refractivity contribution in [3.8, 4) is 16.9 Å². The van der Waals surface area contributed by atoms with Gasteiger partial charge in [0.05, 0.1) is 12.2 Å². The standard InChI is InChI=1S/C27H23ClF3N3O5S/c28-17-7-10-23-21(13-17)25(24(33-23)26(32)35)40(36,37)34-11-12-38-19(14-34)15-39-18-8-5-16(6-9-18)20-3-1-2-4-22(20)27(29,30)31/h1-10,13,19,33H,11-12,14-15H2,(H2,32,35).